The lowest BCUT2D eigenvalue weighted by atomic mass is 9.85. The van der Waals surface area contributed by atoms with Crippen molar-refractivity contribution in [2.24, 2.45) is 0 Å². The molecule has 3 aromatic rings. The molecule has 2 heterocycles. The van der Waals surface area contributed by atoms with E-state index in [0.29, 0.717) is 37.2 Å². The van der Waals surface area contributed by atoms with Crippen molar-refractivity contribution in [2.75, 3.05) is 36.5 Å². The van der Waals surface area contributed by atoms with Gasteiger partial charge in [0.05, 0.1) is 12.2 Å². The molecular formula is C31H32F3N5O3. The molecule has 2 N–H and O–H groups in total. The summed E-state index contributed by atoms with van der Waals surface area (Å²) in [5.74, 6) is -0.680. The fourth-order valence-corrected chi connectivity index (χ4v) is 5.61. The molecule has 0 unspecified atom stereocenters. The quantitative estimate of drug-likeness (QED) is 0.431. The fraction of sp³-hybridized carbons (Fsp3) is 0.323. The zero-order valence-electron chi connectivity index (χ0n) is 23.2. The first-order valence-electron chi connectivity index (χ1n) is 13.7. The third-order valence-corrected chi connectivity index (χ3v) is 7.81. The van der Waals surface area contributed by atoms with Gasteiger partial charge in [-0.1, -0.05) is 42.5 Å². The van der Waals surface area contributed by atoms with Gasteiger partial charge in [0.2, 0.25) is 5.91 Å². The van der Waals surface area contributed by atoms with Crippen LogP contribution >= 0.6 is 0 Å². The van der Waals surface area contributed by atoms with Crippen molar-refractivity contribution in [3.05, 3.63) is 95.6 Å². The molecule has 2 fully saturated rings. The molecule has 8 nitrogen and oxygen atoms in total. The standard InChI is InChI=1S/C31H32F3N5O3/c1-22-7-5-10-25(17-22)36-29(42)37-15-13-30(14-16-37)28(41)38(21-39(30)26-11-3-2-4-12-26)20-27(40)35-19-23-8-6-9-24(18-23)31(32,33)34/h2-12,17-18H,13-16,19-21H2,1H3,(H,35,40)(H,36,42). The van der Waals surface area contributed by atoms with Gasteiger partial charge >= 0.3 is 12.2 Å². The number of carbonyl (C=O) groups excluding carboxylic acids is 3. The second-order valence-electron chi connectivity index (χ2n) is 10.7. The van der Waals surface area contributed by atoms with Gasteiger partial charge in [-0.3, -0.25) is 9.59 Å². The van der Waals surface area contributed by atoms with Gasteiger partial charge in [-0.25, -0.2) is 4.79 Å². The minimum absolute atomic E-state index is 0.0939. The van der Waals surface area contributed by atoms with Crippen molar-refractivity contribution < 1.29 is 27.6 Å². The Hall–Kier alpha value is -4.54. The lowest BCUT2D eigenvalue weighted by molar-refractivity contribution is -0.138. The molecule has 0 atom stereocenters. The highest BCUT2D eigenvalue weighted by atomic mass is 19.4. The number of piperidine rings is 1. The minimum atomic E-state index is -4.48. The molecule has 42 heavy (non-hydrogen) atoms. The number of nitrogens with one attached hydrogen (secondary N) is 2. The predicted molar refractivity (Wildman–Crippen MR) is 153 cm³/mol. The van der Waals surface area contributed by atoms with Crippen molar-refractivity contribution in [1.82, 2.24) is 15.1 Å². The Morgan fingerprint density at radius 2 is 1.64 bits per heavy atom. The van der Waals surface area contributed by atoms with Crippen molar-refractivity contribution in [1.29, 1.82) is 0 Å². The molecule has 1 spiro atoms. The van der Waals surface area contributed by atoms with Gasteiger partial charge in [0, 0.05) is 31.0 Å². The van der Waals surface area contributed by atoms with Crippen LogP contribution in [0.15, 0.2) is 78.9 Å². The second-order valence-corrected chi connectivity index (χ2v) is 10.7. The number of halogens is 3. The monoisotopic (exact) mass is 579 g/mol. The molecule has 2 saturated heterocycles. The van der Waals surface area contributed by atoms with Gasteiger partial charge in [-0.2, -0.15) is 13.2 Å². The van der Waals surface area contributed by atoms with E-state index in [-0.39, 0.29) is 31.7 Å². The number of aryl methyl sites for hydroxylation is 1. The normalized spacial score (nSPS) is 16.6. The first kappa shape index (κ1) is 29.0. The first-order valence-corrected chi connectivity index (χ1v) is 13.7. The van der Waals surface area contributed by atoms with E-state index in [0.717, 1.165) is 23.4 Å². The van der Waals surface area contributed by atoms with Crippen LogP contribution in [0, 0.1) is 6.92 Å². The summed E-state index contributed by atoms with van der Waals surface area (Å²) in [7, 11) is 0. The van der Waals surface area contributed by atoms with Crippen LogP contribution in [0.1, 0.15) is 29.5 Å². The highest BCUT2D eigenvalue weighted by Gasteiger charge is 2.54. The van der Waals surface area contributed by atoms with E-state index in [1.165, 1.54) is 17.0 Å². The highest BCUT2D eigenvalue weighted by Crippen LogP contribution is 2.39. The van der Waals surface area contributed by atoms with Gasteiger partial charge in [0.25, 0.3) is 5.91 Å². The third-order valence-electron chi connectivity index (χ3n) is 7.81. The summed E-state index contributed by atoms with van der Waals surface area (Å²) < 4.78 is 39.2. The number of anilines is 2. The topological polar surface area (TPSA) is 85.0 Å². The smallest absolute Gasteiger partial charge is 0.350 e. The molecule has 5 rings (SSSR count). The Balaban J connectivity index is 1.26. The van der Waals surface area contributed by atoms with Crippen LogP contribution in [-0.4, -0.2) is 59.5 Å². The fourth-order valence-electron chi connectivity index (χ4n) is 5.61. The van der Waals surface area contributed by atoms with Gasteiger partial charge in [0.15, 0.2) is 0 Å². The summed E-state index contributed by atoms with van der Waals surface area (Å²) in [5.41, 5.74) is 1.15. The van der Waals surface area contributed by atoms with Gasteiger partial charge in [0.1, 0.15) is 12.1 Å². The third kappa shape index (κ3) is 6.19. The average Bonchev–Trinajstić information content (AvgIpc) is 3.22. The zero-order chi connectivity index (χ0) is 29.9. The van der Waals surface area contributed by atoms with Crippen molar-refractivity contribution in [3.63, 3.8) is 0 Å². The minimum Gasteiger partial charge on any atom is -0.350 e. The van der Waals surface area contributed by atoms with E-state index < -0.39 is 23.2 Å². The molecular weight excluding hydrogens is 547 g/mol. The van der Waals surface area contributed by atoms with E-state index in [1.54, 1.807) is 4.90 Å². The summed E-state index contributed by atoms with van der Waals surface area (Å²) in [6, 6.07) is 21.5. The Bertz CT molecular complexity index is 1460. The number of carbonyl (C=O) groups is 3. The van der Waals surface area contributed by atoms with Crippen LogP contribution in [0.25, 0.3) is 0 Å². The molecule has 0 radical (unpaired) electrons. The first-order chi connectivity index (χ1) is 20.0. The Kier molecular flexibility index (Phi) is 8.11. The van der Waals surface area contributed by atoms with E-state index >= 15 is 0 Å². The number of hydrogen-bond acceptors (Lipinski definition) is 4. The van der Waals surface area contributed by atoms with Gasteiger partial charge in [-0.15, -0.1) is 0 Å². The molecule has 0 saturated carbocycles. The maximum atomic E-state index is 13.9. The molecule has 220 valence electrons. The van der Waals surface area contributed by atoms with Gasteiger partial charge in [-0.05, 0) is 67.3 Å². The van der Waals surface area contributed by atoms with E-state index in [2.05, 4.69) is 10.6 Å². The van der Waals surface area contributed by atoms with Gasteiger partial charge < -0.3 is 25.3 Å². The predicted octanol–water partition coefficient (Wildman–Crippen LogP) is 5.00. The number of nitrogens with zero attached hydrogens (tertiary/aromatic N) is 3. The van der Waals surface area contributed by atoms with Crippen molar-refractivity contribution in [3.8, 4) is 0 Å². The maximum absolute atomic E-state index is 13.9. The van der Waals surface area contributed by atoms with E-state index in [4.69, 9.17) is 0 Å². The van der Waals surface area contributed by atoms with Crippen LogP contribution in [-0.2, 0) is 22.3 Å². The molecule has 4 amide bonds. The van der Waals surface area contributed by atoms with E-state index in [1.807, 2.05) is 66.4 Å². The Morgan fingerprint density at radius 3 is 2.33 bits per heavy atom. The summed E-state index contributed by atoms with van der Waals surface area (Å²) >= 11 is 0. The van der Waals surface area contributed by atoms with Crippen molar-refractivity contribution >= 4 is 29.2 Å². The van der Waals surface area contributed by atoms with Crippen LogP contribution in [0.4, 0.5) is 29.3 Å². The SMILES string of the molecule is Cc1cccc(NC(=O)N2CCC3(CC2)C(=O)N(CC(=O)NCc2cccc(C(F)(F)F)c2)CN3c2ccccc2)c1. The number of hydrogen-bond donors (Lipinski definition) is 2. The maximum Gasteiger partial charge on any atom is 0.416 e. The zero-order valence-corrected chi connectivity index (χ0v) is 23.2. The number of para-hydroxylation sites is 1. The molecule has 0 aromatic heterocycles. The number of alkyl halides is 3. The lowest BCUT2D eigenvalue weighted by Gasteiger charge is -2.43. The summed E-state index contributed by atoms with van der Waals surface area (Å²) in [4.78, 5) is 44.9. The molecule has 0 aliphatic carbocycles. The molecule has 0 bridgehead atoms. The average molecular weight is 580 g/mol. The van der Waals surface area contributed by atoms with E-state index in [9.17, 15) is 27.6 Å². The summed E-state index contributed by atoms with van der Waals surface area (Å²) in [5, 5.41) is 5.56. The number of urea groups is 1. The molecule has 3 aromatic carbocycles. The van der Waals surface area contributed by atoms with Crippen molar-refractivity contribution in [2.45, 2.75) is 38.0 Å². The molecule has 2 aliphatic heterocycles. The Morgan fingerprint density at radius 1 is 0.929 bits per heavy atom. The van der Waals surface area contributed by atoms with Crippen LogP contribution in [0.5, 0.6) is 0 Å². The van der Waals surface area contributed by atoms with Crippen LogP contribution < -0.4 is 15.5 Å². The summed E-state index contributed by atoms with van der Waals surface area (Å²) in [6.45, 7) is 2.49. The molecule has 2 aliphatic rings. The summed E-state index contributed by atoms with van der Waals surface area (Å²) in [6.07, 6.45) is -3.72. The number of benzene rings is 3. The number of amides is 4. The Labute approximate surface area is 242 Å². The number of rotatable bonds is 6. The lowest BCUT2D eigenvalue weighted by Crippen LogP contribution is -2.58. The number of likely N-dealkylation sites (tertiary alicyclic amines) is 1. The second kappa shape index (κ2) is 11.8. The highest BCUT2D eigenvalue weighted by molar-refractivity contribution is 5.97. The molecule has 11 heteroatoms. The largest absolute Gasteiger partial charge is 0.416 e. The van der Waals surface area contributed by atoms with Crippen LogP contribution in [0.3, 0.4) is 0 Å². The van der Waals surface area contributed by atoms with Crippen LogP contribution in [0.2, 0.25) is 0 Å².